The molecule has 0 saturated carbocycles. The molecule has 1 aliphatic rings. The van der Waals surface area contributed by atoms with Gasteiger partial charge >= 0.3 is 0 Å². The predicted molar refractivity (Wildman–Crippen MR) is 115 cm³/mol. The first-order valence-corrected chi connectivity index (χ1v) is 10.7. The van der Waals surface area contributed by atoms with E-state index >= 15 is 0 Å². The minimum absolute atomic E-state index is 0.0106. The van der Waals surface area contributed by atoms with Crippen LogP contribution in [0.4, 0.5) is 11.4 Å². The Labute approximate surface area is 169 Å². The number of benzene rings is 1. The Morgan fingerprint density at radius 2 is 1.43 bits per heavy atom. The van der Waals surface area contributed by atoms with Crippen molar-refractivity contribution in [3.8, 4) is 0 Å². The number of likely N-dealkylation sites (tertiary alicyclic amines) is 1. The number of carbonyl (C=O) groups excluding carboxylic acids is 2. The molecule has 6 nitrogen and oxygen atoms in total. The van der Waals surface area contributed by atoms with Gasteiger partial charge in [0.2, 0.25) is 11.8 Å². The average molecular weight is 389 g/mol. The number of amides is 2. The van der Waals surface area contributed by atoms with Gasteiger partial charge in [0.15, 0.2) is 0 Å². The number of rotatable bonds is 8. The summed E-state index contributed by atoms with van der Waals surface area (Å²) in [5.74, 6) is -0.0367. The molecule has 0 bridgehead atoms. The number of nitrogens with two attached hydrogens (primary N) is 1. The van der Waals surface area contributed by atoms with Gasteiger partial charge in [-0.05, 0) is 63.0 Å². The maximum Gasteiger partial charge on any atom is 0.238 e. The lowest BCUT2D eigenvalue weighted by atomic mass is 9.81. The summed E-state index contributed by atoms with van der Waals surface area (Å²) in [6, 6.07) is 7.28. The fraction of sp³-hybridized carbons (Fsp3) is 0.636. The highest BCUT2D eigenvalue weighted by atomic mass is 16.2. The third-order valence-corrected chi connectivity index (χ3v) is 5.97. The molecule has 4 N–H and O–H groups in total. The van der Waals surface area contributed by atoms with Crippen molar-refractivity contribution in [3.63, 3.8) is 0 Å². The van der Waals surface area contributed by atoms with Crippen LogP contribution in [0.1, 0.15) is 58.8 Å². The maximum absolute atomic E-state index is 12.6. The van der Waals surface area contributed by atoms with Crippen molar-refractivity contribution in [1.82, 2.24) is 4.90 Å². The highest BCUT2D eigenvalue weighted by molar-refractivity contribution is 5.96. The van der Waals surface area contributed by atoms with Gasteiger partial charge in [-0.15, -0.1) is 0 Å². The molecule has 28 heavy (non-hydrogen) atoms. The van der Waals surface area contributed by atoms with Crippen LogP contribution in [0.3, 0.4) is 0 Å². The maximum atomic E-state index is 12.6. The molecule has 0 aliphatic carbocycles. The largest absolute Gasteiger partial charge is 0.329 e. The van der Waals surface area contributed by atoms with Crippen LogP contribution in [0.5, 0.6) is 0 Å². The quantitative estimate of drug-likeness (QED) is 0.635. The Morgan fingerprint density at radius 3 is 1.93 bits per heavy atom. The Morgan fingerprint density at radius 1 is 0.929 bits per heavy atom. The van der Waals surface area contributed by atoms with Gasteiger partial charge in [0.05, 0.1) is 12.0 Å². The number of anilines is 2. The summed E-state index contributed by atoms with van der Waals surface area (Å²) in [5, 5.41) is 5.91. The third kappa shape index (κ3) is 6.31. The molecular weight excluding hydrogens is 352 g/mol. The molecule has 2 amide bonds. The van der Waals surface area contributed by atoms with Crippen molar-refractivity contribution in [2.75, 3.05) is 36.8 Å². The van der Waals surface area contributed by atoms with Gasteiger partial charge < -0.3 is 16.4 Å². The molecule has 0 spiro atoms. The number of nitrogens with zero attached hydrogens (tertiary/aromatic N) is 1. The number of nitrogens with one attached hydrogen (secondary N) is 2. The monoisotopic (exact) mass is 388 g/mol. The van der Waals surface area contributed by atoms with Gasteiger partial charge in [-0.3, -0.25) is 14.5 Å². The molecule has 0 radical (unpaired) electrons. The molecule has 1 fully saturated rings. The van der Waals surface area contributed by atoms with Crippen LogP contribution in [0.15, 0.2) is 24.3 Å². The minimum Gasteiger partial charge on any atom is -0.329 e. The zero-order valence-corrected chi connectivity index (χ0v) is 17.4. The molecule has 0 atom stereocenters. The standard InChI is InChI=1S/C22H36N4O2/c1-3-22(4-2,17-23)21(28)25-19-12-10-18(11-13-19)24-20(27)16-26-14-8-6-5-7-9-15-26/h10-13H,3-9,14-17,23H2,1-2H3,(H,24,27)(H,25,28). The van der Waals surface area contributed by atoms with Crippen LogP contribution in [-0.2, 0) is 9.59 Å². The molecule has 1 heterocycles. The van der Waals surface area contributed by atoms with E-state index in [1.807, 2.05) is 38.1 Å². The molecule has 1 aromatic carbocycles. The molecule has 2 rings (SSSR count). The molecule has 1 aromatic rings. The number of hydrogen-bond acceptors (Lipinski definition) is 4. The summed E-state index contributed by atoms with van der Waals surface area (Å²) in [7, 11) is 0. The molecule has 156 valence electrons. The van der Waals surface area contributed by atoms with E-state index in [0.29, 0.717) is 31.6 Å². The van der Waals surface area contributed by atoms with Gasteiger partial charge in [0.25, 0.3) is 0 Å². The smallest absolute Gasteiger partial charge is 0.238 e. The van der Waals surface area contributed by atoms with Crippen LogP contribution in [0, 0.1) is 5.41 Å². The minimum atomic E-state index is -0.529. The zero-order chi connectivity index (χ0) is 20.4. The normalized spacial score (nSPS) is 16.1. The van der Waals surface area contributed by atoms with Crippen molar-refractivity contribution in [1.29, 1.82) is 0 Å². The fourth-order valence-corrected chi connectivity index (χ4v) is 3.73. The van der Waals surface area contributed by atoms with Crippen LogP contribution >= 0.6 is 0 Å². The van der Waals surface area contributed by atoms with Gasteiger partial charge in [-0.25, -0.2) is 0 Å². The van der Waals surface area contributed by atoms with Crippen molar-refractivity contribution in [2.24, 2.45) is 11.1 Å². The molecule has 1 saturated heterocycles. The first-order chi connectivity index (χ1) is 13.5. The summed E-state index contributed by atoms with van der Waals surface area (Å²) in [4.78, 5) is 27.2. The topological polar surface area (TPSA) is 87.5 Å². The van der Waals surface area contributed by atoms with E-state index in [2.05, 4.69) is 15.5 Å². The molecule has 0 unspecified atom stereocenters. The second-order valence-corrected chi connectivity index (χ2v) is 7.82. The number of carbonyl (C=O) groups is 2. The predicted octanol–water partition coefficient (Wildman–Crippen LogP) is 3.59. The molecule has 0 aromatic heterocycles. The van der Waals surface area contributed by atoms with Gasteiger partial charge in [-0.2, -0.15) is 0 Å². The SMILES string of the molecule is CCC(CC)(CN)C(=O)Nc1ccc(NC(=O)CN2CCCCCCC2)cc1. The van der Waals surface area contributed by atoms with Crippen LogP contribution in [0.25, 0.3) is 0 Å². The zero-order valence-electron chi connectivity index (χ0n) is 17.4. The van der Waals surface area contributed by atoms with E-state index in [1.54, 1.807) is 0 Å². The van der Waals surface area contributed by atoms with E-state index < -0.39 is 5.41 Å². The van der Waals surface area contributed by atoms with E-state index in [9.17, 15) is 9.59 Å². The van der Waals surface area contributed by atoms with E-state index in [4.69, 9.17) is 5.73 Å². The second kappa shape index (κ2) is 11.2. The summed E-state index contributed by atoms with van der Waals surface area (Å²) in [6.45, 7) is 6.73. The highest BCUT2D eigenvalue weighted by Gasteiger charge is 2.33. The molecular formula is C22H36N4O2. The van der Waals surface area contributed by atoms with Crippen LogP contribution in [0.2, 0.25) is 0 Å². The van der Waals surface area contributed by atoms with Crippen molar-refractivity contribution in [3.05, 3.63) is 24.3 Å². The average Bonchev–Trinajstić information content (AvgIpc) is 2.67. The van der Waals surface area contributed by atoms with Crippen molar-refractivity contribution in [2.45, 2.75) is 58.8 Å². The fourth-order valence-electron chi connectivity index (χ4n) is 3.73. The summed E-state index contributed by atoms with van der Waals surface area (Å²) in [5.41, 5.74) is 6.77. The summed E-state index contributed by atoms with van der Waals surface area (Å²) >= 11 is 0. The second-order valence-electron chi connectivity index (χ2n) is 7.82. The van der Waals surface area contributed by atoms with Gasteiger partial charge in [0.1, 0.15) is 0 Å². The van der Waals surface area contributed by atoms with E-state index in [1.165, 1.54) is 32.1 Å². The summed E-state index contributed by atoms with van der Waals surface area (Å²) < 4.78 is 0. The van der Waals surface area contributed by atoms with E-state index in [-0.39, 0.29) is 11.8 Å². The van der Waals surface area contributed by atoms with Crippen LogP contribution in [-0.4, -0.2) is 42.9 Å². The lowest BCUT2D eigenvalue weighted by molar-refractivity contribution is -0.125. The molecule has 6 heteroatoms. The van der Waals surface area contributed by atoms with Crippen molar-refractivity contribution < 1.29 is 9.59 Å². The Balaban J connectivity index is 1.87. The van der Waals surface area contributed by atoms with Crippen LogP contribution < -0.4 is 16.4 Å². The van der Waals surface area contributed by atoms with E-state index in [0.717, 1.165) is 18.8 Å². The van der Waals surface area contributed by atoms with Crippen molar-refractivity contribution >= 4 is 23.2 Å². The van der Waals surface area contributed by atoms with Gasteiger partial charge in [0, 0.05) is 17.9 Å². The first-order valence-electron chi connectivity index (χ1n) is 10.7. The number of hydrogen-bond donors (Lipinski definition) is 3. The lowest BCUT2D eigenvalue weighted by Gasteiger charge is -2.28. The first kappa shape index (κ1) is 22.4. The Kier molecular flexibility index (Phi) is 8.93. The Hall–Kier alpha value is -1.92. The third-order valence-electron chi connectivity index (χ3n) is 5.97. The molecule has 1 aliphatic heterocycles. The lowest BCUT2D eigenvalue weighted by Crippen LogP contribution is -2.41. The Bertz CT molecular complexity index is 610. The highest BCUT2D eigenvalue weighted by Crippen LogP contribution is 2.27. The van der Waals surface area contributed by atoms with Gasteiger partial charge in [-0.1, -0.05) is 33.1 Å². The summed E-state index contributed by atoms with van der Waals surface area (Å²) in [6.07, 6.45) is 7.57.